The molecule has 0 aliphatic carbocycles. The molecule has 1 aromatic heterocycles. The molecule has 1 amide bonds. The average Bonchev–Trinajstić information content (AvgIpc) is 3.37. The molecule has 6 nitrogen and oxygen atoms in total. The van der Waals surface area contributed by atoms with Crippen molar-refractivity contribution in [1.82, 2.24) is 10.4 Å². The zero-order valence-electron chi connectivity index (χ0n) is 19.8. The predicted octanol–water partition coefficient (Wildman–Crippen LogP) is 7.34. The Balaban J connectivity index is 1.28. The standard InChI is InChI=1S/C27H23Cl2N3O3S2/c1-2-34-25-13-18(6-11-24(25)35-15-19-4-3-5-22(29)12-19)14-30-32-26(33)17-37-27-31-23(16-36-27)20-7-9-21(28)10-8-20/h3-14,16H,2,15,17H2,1H3,(H,32,33)/b30-14+. The molecule has 0 unspecified atom stereocenters. The van der Waals surface area contributed by atoms with E-state index in [9.17, 15) is 4.79 Å². The van der Waals surface area contributed by atoms with Gasteiger partial charge in [-0.05, 0) is 60.5 Å². The third kappa shape index (κ3) is 8.23. The third-order valence-corrected chi connectivity index (χ3v) is 7.41. The largest absolute Gasteiger partial charge is 0.490 e. The van der Waals surface area contributed by atoms with Gasteiger partial charge in [0.2, 0.25) is 0 Å². The number of halogens is 2. The van der Waals surface area contributed by atoms with Crippen LogP contribution in [0.25, 0.3) is 11.3 Å². The van der Waals surface area contributed by atoms with Crippen LogP contribution in [0, 0.1) is 0 Å². The van der Waals surface area contributed by atoms with Crippen LogP contribution in [0.5, 0.6) is 11.5 Å². The number of ether oxygens (including phenoxy) is 2. The molecule has 190 valence electrons. The molecular weight excluding hydrogens is 549 g/mol. The van der Waals surface area contributed by atoms with Gasteiger partial charge in [0, 0.05) is 21.0 Å². The van der Waals surface area contributed by atoms with Gasteiger partial charge in [-0.25, -0.2) is 10.4 Å². The van der Waals surface area contributed by atoms with E-state index in [0.29, 0.717) is 34.8 Å². The molecule has 0 fully saturated rings. The van der Waals surface area contributed by atoms with Gasteiger partial charge in [0.05, 0.1) is 24.3 Å². The number of aromatic nitrogens is 1. The van der Waals surface area contributed by atoms with Crippen molar-refractivity contribution in [3.8, 4) is 22.8 Å². The highest BCUT2D eigenvalue weighted by atomic mass is 35.5. The first-order valence-electron chi connectivity index (χ1n) is 11.3. The summed E-state index contributed by atoms with van der Waals surface area (Å²) in [7, 11) is 0. The van der Waals surface area contributed by atoms with Crippen LogP contribution >= 0.6 is 46.3 Å². The van der Waals surface area contributed by atoms with Crippen LogP contribution < -0.4 is 14.9 Å². The van der Waals surface area contributed by atoms with Crippen molar-refractivity contribution < 1.29 is 14.3 Å². The Labute approximate surface area is 233 Å². The Bertz CT molecular complexity index is 1380. The number of carbonyl (C=O) groups is 1. The minimum Gasteiger partial charge on any atom is -0.490 e. The highest BCUT2D eigenvalue weighted by Crippen LogP contribution is 2.30. The lowest BCUT2D eigenvalue weighted by molar-refractivity contribution is -0.118. The van der Waals surface area contributed by atoms with Crippen LogP contribution in [0.3, 0.4) is 0 Å². The molecule has 4 aromatic rings. The number of nitrogens with zero attached hydrogens (tertiary/aromatic N) is 2. The third-order valence-electron chi connectivity index (χ3n) is 4.90. The fraction of sp³-hybridized carbons (Fsp3) is 0.148. The summed E-state index contributed by atoms with van der Waals surface area (Å²) in [5, 5.41) is 7.37. The normalized spacial score (nSPS) is 11.0. The molecule has 3 aromatic carbocycles. The number of hydrazone groups is 1. The quantitative estimate of drug-likeness (QED) is 0.116. The Morgan fingerprint density at radius 3 is 2.68 bits per heavy atom. The fourth-order valence-corrected chi connectivity index (χ4v) is 5.16. The van der Waals surface area contributed by atoms with E-state index in [1.54, 1.807) is 6.21 Å². The van der Waals surface area contributed by atoms with Gasteiger partial charge in [0.1, 0.15) is 6.61 Å². The summed E-state index contributed by atoms with van der Waals surface area (Å²) in [4.78, 5) is 16.8. The molecule has 0 atom stereocenters. The summed E-state index contributed by atoms with van der Waals surface area (Å²) in [5.74, 6) is 1.18. The van der Waals surface area contributed by atoms with E-state index in [1.165, 1.54) is 23.1 Å². The molecule has 0 spiro atoms. The first kappa shape index (κ1) is 27.0. The number of hydrogen-bond acceptors (Lipinski definition) is 7. The number of nitrogens with one attached hydrogen (secondary N) is 1. The number of rotatable bonds is 11. The van der Waals surface area contributed by atoms with Gasteiger partial charge in [-0.3, -0.25) is 4.79 Å². The zero-order chi connectivity index (χ0) is 26.0. The summed E-state index contributed by atoms with van der Waals surface area (Å²) < 4.78 is 12.5. The summed E-state index contributed by atoms with van der Waals surface area (Å²) in [6, 6.07) is 20.5. The summed E-state index contributed by atoms with van der Waals surface area (Å²) in [6.45, 7) is 2.75. The van der Waals surface area contributed by atoms with Gasteiger partial charge in [0.25, 0.3) is 5.91 Å². The SMILES string of the molecule is CCOc1cc(/C=N/NC(=O)CSc2nc(-c3ccc(Cl)cc3)cs2)ccc1OCc1cccc(Cl)c1. The lowest BCUT2D eigenvalue weighted by Gasteiger charge is -2.12. The number of thioether (sulfide) groups is 1. The second-order valence-corrected chi connectivity index (χ2v) is 10.6. The van der Waals surface area contributed by atoms with Crippen LogP contribution in [-0.2, 0) is 11.4 Å². The number of hydrogen-bond donors (Lipinski definition) is 1. The lowest BCUT2D eigenvalue weighted by atomic mass is 10.2. The van der Waals surface area contributed by atoms with Gasteiger partial charge >= 0.3 is 0 Å². The van der Waals surface area contributed by atoms with E-state index in [1.807, 2.05) is 79.0 Å². The first-order chi connectivity index (χ1) is 18.0. The Morgan fingerprint density at radius 2 is 1.89 bits per heavy atom. The number of carbonyl (C=O) groups excluding carboxylic acids is 1. The zero-order valence-corrected chi connectivity index (χ0v) is 23.0. The van der Waals surface area contributed by atoms with Gasteiger partial charge in [-0.2, -0.15) is 5.10 Å². The van der Waals surface area contributed by atoms with Crippen LogP contribution in [0.1, 0.15) is 18.1 Å². The number of thiazole rings is 1. The highest BCUT2D eigenvalue weighted by Gasteiger charge is 2.09. The predicted molar refractivity (Wildman–Crippen MR) is 152 cm³/mol. The van der Waals surface area contributed by atoms with E-state index in [0.717, 1.165) is 26.7 Å². The molecule has 4 rings (SSSR count). The molecule has 10 heteroatoms. The van der Waals surface area contributed by atoms with Crippen LogP contribution in [0.2, 0.25) is 10.0 Å². The fourth-order valence-electron chi connectivity index (χ4n) is 3.20. The molecule has 1 N–H and O–H groups in total. The maximum absolute atomic E-state index is 12.3. The Kier molecular flexibility index (Phi) is 9.85. The van der Waals surface area contributed by atoms with E-state index in [4.69, 9.17) is 32.7 Å². The maximum atomic E-state index is 12.3. The average molecular weight is 573 g/mol. The van der Waals surface area contributed by atoms with Crippen LogP contribution in [0.15, 0.2) is 81.6 Å². The monoisotopic (exact) mass is 571 g/mol. The van der Waals surface area contributed by atoms with Gasteiger partial charge < -0.3 is 9.47 Å². The summed E-state index contributed by atoms with van der Waals surface area (Å²) in [5.41, 5.74) is 6.11. The van der Waals surface area contributed by atoms with E-state index >= 15 is 0 Å². The lowest BCUT2D eigenvalue weighted by Crippen LogP contribution is -2.19. The van der Waals surface area contributed by atoms with Gasteiger partial charge in [0.15, 0.2) is 15.8 Å². The molecule has 0 saturated carbocycles. The topological polar surface area (TPSA) is 72.8 Å². The minimum absolute atomic E-state index is 0.200. The van der Waals surface area contributed by atoms with Crippen molar-refractivity contribution in [3.63, 3.8) is 0 Å². The van der Waals surface area contributed by atoms with E-state index < -0.39 is 0 Å². The smallest absolute Gasteiger partial charge is 0.250 e. The molecule has 0 radical (unpaired) electrons. The first-order valence-corrected chi connectivity index (χ1v) is 13.9. The molecule has 37 heavy (non-hydrogen) atoms. The van der Waals surface area contributed by atoms with Gasteiger partial charge in [-0.15, -0.1) is 11.3 Å². The minimum atomic E-state index is -0.226. The van der Waals surface area contributed by atoms with E-state index in [-0.39, 0.29) is 11.7 Å². The van der Waals surface area contributed by atoms with Crippen molar-refractivity contribution in [1.29, 1.82) is 0 Å². The molecule has 0 bridgehead atoms. The molecule has 0 aliphatic heterocycles. The molecule has 0 aliphatic rings. The highest BCUT2D eigenvalue weighted by molar-refractivity contribution is 8.01. The van der Waals surface area contributed by atoms with Crippen molar-refractivity contribution in [2.45, 2.75) is 17.9 Å². The molecular formula is C27H23Cl2N3O3S2. The van der Waals surface area contributed by atoms with Crippen molar-refractivity contribution >= 4 is 58.4 Å². The summed E-state index contributed by atoms with van der Waals surface area (Å²) in [6.07, 6.45) is 1.56. The van der Waals surface area contributed by atoms with Crippen molar-refractivity contribution in [2.24, 2.45) is 5.10 Å². The van der Waals surface area contributed by atoms with Crippen LogP contribution in [0.4, 0.5) is 0 Å². The van der Waals surface area contributed by atoms with Crippen molar-refractivity contribution in [2.75, 3.05) is 12.4 Å². The Morgan fingerprint density at radius 1 is 1.05 bits per heavy atom. The van der Waals surface area contributed by atoms with E-state index in [2.05, 4.69) is 15.5 Å². The Hall–Kier alpha value is -3.04. The summed E-state index contributed by atoms with van der Waals surface area (Å²) >= 11 is 14.8. The number of amides is 1. The molecule has 1 heterocycles. The second kappa shape index (κ2) is 13.5. The van der Waals surface area contributed by atoms with Crippen LogP contribution in [-0.4, -0.2) is 29.5 Å². The maximum Gasteiger partial charge on any atom is 0.250 e. The van der Waals surface area contributed by atoms with Crippen molar-refractivity contribution in [3.05, 3.63) is 93.3 Å². The number of benzene rings is 3. The molecule has 0 saturated heterocycles. The van der Waals surface area contributed by atoms with Gasteiger partial charge in [-0.1, -0.05) is 59.2 Å². The second-order valence-electron chi connectivity index (χ2n) is 7.65.